The second-order valence-corrected chi connectivity index (χ2v) is 7.27. The van der Waals surface area contributed by atoms with Crippen molar-refractivity contribution in [3.05, 3.63) is 95.3 Å². The topological polar surface area (TPSA) is 71.1 Å². The highest BCUT2D eigenvalue weighted by Crippen LogP contribution is 2.18. The molecular weight excluding hydrogens is 362 g/mol. The number of anilines is 1. The summed E-state index contributed by atoms with van der Waals surface area (Å²) in [7, 11) is 0. The number of pyridine rings is 1. The highest BCUT2D eigenvalue weighted by atomic mass is 16.2. The van der Waals surface area contributed by atoms with Crippen molar-refractivity contribution in [3.63, 3.8) is 0 Å². The Morgan fingerprint density at radius 2 is 1.52 bits per heavy atom. The van der Waals surface area contributed by atoms with Gasteiger partial charge in [-0.2, -0.15) is 0 Å². The van der Waals surface area contributed by atoms with E-state index in [2.05, 4.69) is 29.5 Å². The maximum atomic E-state index is 12.6. The van der Waals surface area contributed by atoms with E-state index in [1.165, 1.54) is 17.8 Å². The van der Waals surface area contributed by atoms with Crippen LogP contribution in [0.5, 0.6) is 0 Å². The van der Waals surface area contributed by atoms with E-state index in [9.17, 15) is 9.59 Å². The lowest BCUT2D eigenvalue weighted by Crippen LogP contribution is -2.27. The van der Waals surface area contributed by atoms with E-state index < -0.39 is 0 Å². The Morgan fingerprint density at radius 1 is 0.828 bits per heavy atom. The zero-order valence-electron chi connectivity index (χ0n) is 16.8. The van der Waals surface area contributed by atoms with Crippen LogP contribution in [-0.2, 0) is 0 Å². The third-order valence-electron chi connectivity index (χ3n) is 4.74. The third-order valence-corrected chi connectivity index (χ3v) is 4.74. The number of aromatic nitrogens is 1. The highest BCUT2D eigenvalue weighted by Gasteiger charge is 2.15. The number of carbonyl (C=O) groups excluding carboxylic acids is 2. The summed E-state index contributed by atoms with van der Waals surface area (Å²) in [5.41, 5.74) is 3.49. The van der Waals surface area contributed by atoms with E-state index in [0.717, 1.165) is 5.56 Å². The first-order valence-corrected chi connectivity index (χ1v) is 9.67. The minimum absolute atomic E-state index is 0.145. The number of nitrogens with zero attached hydrogens (tertiary/aromatic N) is 1. The minimum Gasteiger partial charge on any atom is -0.346 e. The first kappa shape index (κ1) is 20.3. The normalized spacial score (nSPS) is 11.7. The van der Waals surface area contributed by atoms with Gasteiger partial charge in [-0.25, -0.2) is 0 Å². The second-order valence-electron chi connectivity index (χ2n) is 7.27. The molecule has 5 nitrogen and oxygen atoms in total. The van der Waals surface area contributed by atoms with Crippen molar-refractivity contribution < 1.29 is 9.59 Å². The van der Waals surface area contributed by atoms with Crippen molar-refractivity contribution in [1.29, 1.82) is 0 Å². The van der Waals surface area contributed by atoms with Gasteiger partial charge in [0.15, 0.2) is 0 Å². The molecule has 0 radical (unpaired) electrons. The molecule has 0 aliphatic rings. The fourth-order valence-electron chi connectivity index (χ4n) is 2.95. The Morgan fingerprint density at radius 3 is 2.17 bits per heavy atom. The van der Waals surface area contributed by atoms with Crippen LogP contribution in [0.3, 0.4) is 0 Å². The molecule has 0 aliphatic carbocycles. The van der Waals surface area contributed by atoms with E-state index >= 15 is 0 Å². The molecule has 0 spiro atoms. The lowest BCUT2D eigenvalue weighted by Gasteiger charge is -2.14. The van der Waals surface area contributed by atoms with Crippen molar-refractivity contribution in [2.24, 2.45) is 0 Å². The summed E-state index contributed by atoms with van der Waals surface area (Å²) in [4.78, 5) is 29.2. The van der Waals surface area contributed by atoms with Crippen molar-refractivity contribution >= 4 is 17.5 Å². The number of rotatable bonds is 6. The zero-order chi connectivity index (χ0) is 20.8. The molecule has 2 amide bonds. The average molecular weight is 387 g/mol. The molecule has 0 saturated heterocycles. The molecule has 1 atom stereocenters. The summed E-state index contributed by atoms with van der Waals surface area (Å²) in [5, 5.41) is 5.77. The summed E-state index contributed by atoms with van der Waals surface area (Å²) in [6.07, 6.45) is 1.47. The molecular formula is C24H25N3O2. The number of carbonyl (C=O) groups is 2. The van der Waals surface area contributed by atoms with Crippen LogP contribution in [0, 0.1) is 0 Å². The van der Waals surface area contributed by atoms with Gasteiger partial charge in [-0.3, -0.25) is 14.6 Å². The van der Waals surface area contributed by atoms with Crippen LogP contribution in [0.15, 0.2) is 72.9 Å². The molecule has 0 saturated carbocycles. The van der Waals surface area contributed by atoms with Gasteiger partial charge in [0.2, 0.25) is 0 Å². The van der Waals surface area contributed by atoms with E-state index in [4.69, 9.17) is 0 Å². The molecule has 0 aliphatic heterocycles. The van der Waals surface area contributed by atoms with Crippen molar-refractivity contribution in [3.8, 4) is 0 Å². The van der Waals surface area contributed by atoms with Gasteiger partial charge < -0.3 is 10.6 Å². The molecule has 1 unspecified atom stereocenters. The van der Waals surface area contributed by atoms with E-state index in [1.807, 2.05) is 61.5 Å². The van der Waals surface area contributed by atoms with Gasteiger partial charge in [0.05, 0.1) is 6.04 Å². The number of hydrogen-bond donors (Lipinski definition) is 2. The van der Waals surface area contributed by atoms with Gasteiger partial charge in [0.25, 0.3) is 11.8 Å². The van der Waals surface area contributed by atoms with E-state index in [-0.39, 0.29) is 23.6 Å². The maximum absolute atomic E-state index is 12.6. The van der Waals surface area contributed by atoms with E-state index in [0.29, 0.717) is 17.2 Å². The van der Waals surface area contributed by atoms with Crippen LogP contribution in [0.2, 0.25) is 0 Å². The Kier molecular flexibility index (Phi) is 6.39. The quantitative estimate of drug-likeness (QED) is 0.629. The molecule has 1 aromatic heterocycles. The van der Waals surface area contributed by atoms with Gasteiger partial charge in [-0.05, 0) is 48.2 Å². The number of benzene rings is 2. The SMILES string of the molecule is CC(C)c1ccc(NC(=O)c2cc(C(=O)NC(C)c3ccccc3)ccn2)cc1. The Balaban J connectivity index is 1.68. The van der Waals surface area contributed by atoms with E-state index in [1.54, 1.807) is 6.07 Å². The maximum Gasteiger partial charge on any atom is 0.274 e. The number of hydrogen-bond acceptors (Lipinski definition) is 3. The minimum atomic E-state index is -0.354. The summed E-state index contributed by atoms with van der Waals surface area (Å²) >= 11 is 0. The number of nitrogens with one attached hydrogen (secondary N) is 2. The smallest absolute Gasteiger partial charge is 0.274 e. The van der Waals surface area contributed by atoms with Crippen LogP contribution in [-0.4, -0.2) is 16.8 Å². The summed E-state index contributed by atoms with van der Waals surface area (Å²) in [5.74, 6) is -0.179. The standard InChI is InChI=1S/C24H25N3O2/c1-16(2)18-9-11-21(12-10-18)27-24(29)22-15-20(13-14-25-22)23(28)26-17(3)19-7-5-4-6-8-19/h4-17H,1-3H3,(H,26,28)(H,27,29). The molecule has 2 aromatic carbocycles. The van der Waals surface area contributed by atoms with Crippen molar-refractivity contribution in [2.75, 3.05) is 5.32 Å². The summed E-state index contributed by atoms with van der Waals surface area (Å²) in [6, 6.07) is 20.4. The molecule has 148 valence electrons. The molecule has 0 fully saturated rings. The second kappa shape index (κ2) is 9.15. The largest absolute Gasteiger partial charge is 0.346 e. The predicted octanol–water partition coefficient (Wildman–Crippen LogP) is 4.95. The van der Waals surface area contributed by atoms with Crippen LogP contribution in [0.1, 0.15) is 64.7 Å². The van der Waals surface area contributed by atoms with Crippen molar-refractivity contribution in [1.82, 2.24) is 10.3 Å². The first-order valence-electron chi connectivity index (χ1n) is 9.67. The molecule has 0 bridgehead atoms. The van der Waals surface area contributed by atoms with Gasteiger partial charge in [0.1, 0.15) is 5.69 Å². The van der Waals surface area contributed by atoms with Crippen LogP contribution >= 0.6 is 0 Å². The van der Waals surface area contributed by atoms with Gasteiger partial charge in [-0.15, -0.1) is 0 Å². The molecule has 5 heteroatoms. The fourth-order valence-corrected chi connectivity index (χ4v) is 2.95. The predicted molar refractivity (Wildman–Crippen MR) is 115 cm³/mol. The Bertz CT molecular complexity index is 983. The summed E-state index contributed by atoms with van der Waals surface area (Å²) in [6.45, 7) is 6.16. The molecule has 2 N–H and O–H groups in total. The van der Waals surface area contributed by atoms with Gasteiger partial charge in [-0.1, -0.05) is 56.3 Å². The zero-order valence-corrected chi connectivity index (χ0v) is 16.8. The molecule has 3 aromatic rings. The Hall–Kier alpha value is -3.47. The van der Waals surface area contributed by atoms with Gasteiger partial charge in [0, 0.05) is 17.4 Å². The molecule has 29 heavy (non-hydrogen) atoms. The average Bonchev–Trinajstić information content (AvgIpc) is 2.74. The van der Waals surface area contributed by atoms with Crippen LogP contribution in [0.4, 0.5) is 5.69 Å². The highest BCUT2D eigenvalue weighted by molar-refractivity contribution is 6.04. The molecule has 1 heterocycles. The summed E-state index contributed by atoms with van der Waals surface area (Å²) < 4.78 is 0. The third kappa shape index (κ3) is 5.29. The Labute approximate surface area is 171 Å². The monoisotopic (exact) mass is 387 g/mol. The van der Waals surface area contributed by atoms with Crippen LogP contribution < -0.4 is 10.6 Å². The fraction of sp³-hybridized carbons (Fsp3) is 0.208. The number of amides is 2. The first-order chi connectivity index (χ1) is 13.9. The van der Waals surface area contributed by atoms with Gasteiger partial charge >= 0.3 is 0 Å². The van der Waals surface area contributed by atoms with Crippen LogP contribution in [0.25, 0.3) is 0 Å². The van der Waals surface area contributed by atoms with Crippen molar-refractivity contribution in [2.45, 2.75) is 32.7 Å². The lowest BCUT2D eigenvalue weighted by molar-refractivity contribution is 0.0939. The lowest BCUT2D eigenvalue weighted by atomic mass is 10.0. The molecule has 3 rings (SSSR count).